The summed E-state index contributed by atoms with van der Waals surface area (Å²) in [5, 5.41) is 18.8. The molecule has 0 unspecified atom stereocenters. The Morgan fingerprint density at radius 2 is 2.18 bits per heavy atom. The molecule has 1 aliphatic heterocycles. The van der Waals surface area contributed by atoms with E-state index in [-0.39, 0.29) is 24.0 Å². The number of fused-ring (bicyclic) bond motifs is 1. The van der Waals surface area contributed by atoms with Crippen LogP contribution in [0.3, 0.4) is 0 Å². The van der Waals surface area contributed by atoms with Crippen LogP contribution in [0.25, 0.3) is 0 Å². The lowest BCUT2D eigenvalue weighted by molar-refractivity contribution is 0.0663. The Morgan fingerprint density at radius 1 is 1.37 bits per heavy atom. The Balaban J connectivity index is 1.35. The minimum Gasteiger partial charge on any atom is -0.393 e. The maximum atomic E-state index is 13.6. The van der Waals surface area contributed by atoms with Crippen molar-refractivity contribution < 1.29 is 27.2 Å². The second-order valence-corrected chi connectivity index (χ2v) is 12.2. The number of ketones is 1. The minimum atomic E-state index is -4.10. The molecular formula is C24H26ClN5O6S2. The summed E-state index contributed by atoms with van der Waals surface area (Å²) >= 11 is 7.51. The summed E-state index contributed by atoms with van der Waals surface area (Å²) in [5.74, 6) is -0.361. The van der Waals surface area contributed by atoms with Crippen molar-refractivity contribution >= 4 is 44.8 Å². The molecular weight excluding hydrogens is 554 g/mol. The SMILES string of the molecule is Cc1sc(C(=O)c2cncnc2N[C@@H]2C[C@H](COS(N)(=O)=O)[C@@H](O)C2)cc1[C@H]1OCCc2ccc(Cl)nc21. The maximum absolute atomic E-state index is 13.6. The first-order valence-corrected chi connectivity index (χ1v) is 14.6. The molecule has 14 heteroatoms. The third-order valence-electron chi connectivity index (χ3n) is 6.75. The molecule has 0 bridgehead atoms. The highest BCUT2D eigenvalue weighted by Crippen LogP contribution is 2.38. The lowest BCUT2D eigenvalue weighted by atomic mass is 9.98. The van der Waals surface area contributed by atoms with Crippen LogP contribution < -0.4 is 10.5 Å². The average molecular weight is 580 g/mol. The van der Waals surface area contributed by atoms with Crippen molar-refractivity contribution in [3.63, 3.8) is 0 Å². The van der Waals surface area contributed by atoms with Gasteiger partial charge >= 0.3 is 10.3 Å². The number of hydrogen-bond donors (Lipinski definition) is 3. The molecule has 3 aromatic heterocycles. The van der Waals surface area contributed by atoms with E-state index in [2.05, 4.69) is 24.5 Å². The summed E-state index contributed by atoms with van der Waals surface area (Å²) in [6.07, 6.45) is 3.05. The predicted molar refractivity (Wildman–Crippen MR) is 140 cm³/mol. The van der Waals surface area contributed by atoms with Crippen molar-refractivity contribution in [3.05, 3.63) is 68.0 Å². The third kappa shape index (κ3) is 5.88. The van der Waals surface area contributed by atoms with E-state index < -0.39 is 28.4 Å². The molecule has 1 aliphatic carbocycles. The van der Waals surface area contributed by atoms with Crippen molar-refractivity contribution in [2.45, 2.75) is 44.4 Å². The van der Waals surface area contributed by atoms with Gasteiger partial charge in [0.1, 0.15) is 23.4 Å². The van der Waals surface area contributed by atoms with Gasteiger partial charge in [-0.2, -0.15) is 8.42 Å². The highest BCUT2D eigenvalue weighted by atomic mass is 35.5. The molecule has 0 radical (unpaired) electrons. The van der Waals surface area contributed by atoms with Gasteiger partial charge < -0.3 is 15.2 Å². The molecule has 1 saturated carbocycles. The topological polar surface area (TPSA) is 167 Å². The van der Waals surface area contributed by atoms with Crippen molar-refractivity contribution in [1.29, 1.82) is 0 Å². The summed E-state index contributed by atoms with van der Waals surface area (Å²) in [5.41, 5.74) is 2.97. The molecule has 4 atom stereocenters. The van der Waals surface area contributed by atoms with E-state index in [0.717, 1.165) is 28.1 Å². The molecule has 0 aromatic carbocycles. The zero-order valence-electron chi connectivity index (χ0n) is 20.3. The predicted octanol–water partition coefficient (Wildman–Crippen LogP) is 2.56. The van der Waals surface area contributed by atoms with E-state index >= 15 is 0 Å². The standard InChI is InChI=1S/C24H26ClN5O6S2/c1-12-16(23-21-13(4-5-35-23)2-3-20(25)30-21)8-19(37-12)22(32)17-9-27-11-28-24(17)29-15-6-14(18(31)7-15)10-36-38(26,33)34/h2-3,8-9,11,14-15,18,23,31H,4-7,10H2,1H3,(H2,26,33,34)(H,27,28,29)/t14-,15-,18+,23-/m1/s1. The number of rotatable bonds is 8. The number of thiophene rings is 1. The number of hydrogen-bond acceptors (Lipinski definition) is 11. The van der Waals surface area contributed by atoms with Crippen LogP contribution in [-0.4, -0.2) is 59.6 Å². The van der Waals surface area contributed by atoms with Crippen molar-refractivity contribution in [2.24, 2.45) is 11.1 Å². The monoisotopic (exact) mass is 579 g/mol. The number of aromatic nitrogens is 3. The first kappa shape index (κ1) is 27.1. The molecule has 202 valence electrons. The van der Waals surface area contributed by atoms with Crippen LogP contribution in [0.5, 0.6) is 0 Å². The zero-order chi connectivity index (χ0) is 27.0. The number of ether oxygens (including phenoxy) is 1. The normalized spacial score (nSPS) is 23.3. The Hall–Kier alpha value is -2.52. The highest BCUT2D eigenvalue weighted by Gasteiger charge is 2.35. The second-order valence-electron chi connectivity index (χ2n) is 9.33. The summed E-state index contributed by atoms with van der Waals surface area (Å²) < 4.78 is 32.9. The van der Waals surface area contributed by atoms with E-state index in [1.165, 1.54) is 23.9 Å². The molecule has 0 amide bonds. The fourth-order valence-electron chi connectivity index (χ4n) is 4.91. The Morgan fingerprint density at radius 3 is 2.97 bits per heavy atom. The number of pyridine rings is 1. The maximum Gasteiger partial charge on any atom is 0.333 e. The number of nitrogens with zero attached hydrogens (tertiary/aromatic N) is 3. The van der Waals surface area contributed by atoms with E-state index in [1.807, 2.05) is 19.1 Å². The number of carbonyl (C=O) groups is 1. The molecule has 0 spiro atoms. The smallest absolute Gasteiger partial charge is 0.333 e. The third-order valence-corrected chi connectivity index (χ3v) is 8.49. The van der Waals surface area contributed by atoms with Crippen LogP contribution in [0.4, 0.5) is 5.82 Å². The first-order chi connectivity index (χ1) is 18.1. The fourth-order valence-corrected chi connectivity index (χ4v) is 6.43. The number of nitrogens with one attached hydrogen (secondary N) is 1. The lowest BCUT2D eigenvalue weighted by Gasteiger charge is -2.25. The number of aryl methyl sites for hydroxylation is 1. The number of aliphatic hydroxyl groups excluding tert-OH is 1. The summed E-state index contributed by atoms with van der Waals surface area (Å²) in [4.78, 5) is 27.8. The molecule has 5 rings (SSSR count). The van der Waals surface area contributed by atoms with Crippen molar-refractivity contribution in [3.8, 4) is 0 Å². The molecule has 3 aromatic rings. The van der Waals surface area contributed by atoms with Crippen LogP contribution >= 0.6 is 22.9 Å². The number of aliphatic hydroxyl groups is 1. The van der Waals surface area contributed by atoms with Crippen LogP contribution in [0.1, 0.15) is 55.9 Å². The molecule has 11 nitrogen and oxygen atoms in total. The van der Waals surface area contributed by atoms with Crippen LogP contribution in [0.2, 0.25) is 5.15 Å². The Bertz CT molecular complexity index is 1470. The highest BCUT2D eigenvalue weighted by molar-refractivity contribution is 7.84. The molecule has 4 heterocycles. The molecule has 2 aliphatic rings. The van der Waals surface area contributed by atoms with Crippen LogP contribution in [0.15, 0.2) is 30.7 Å². The number of nitrogens with two attached hydrogens (primary N) is 1. The van der Waals surface area contributed by atoms with Gasteiger partial charge in [-0.25, -0.2) is 20.1 Å². The number of anilines is 1. The molecule has 1 fully saturated rings. The van der Waals surface area contributed by atoms with Gasteiger partial charge in [0.15, 0.2) is 0 Å². The van der Waals surface area contributed by atoms with Gasteiger partial charge in [0.05, 0.1) is 35.5 Å². The Labute approximate surface area is 228 Å². The van der Waals surface area contributed by atoms with Crippen molar-refractivity contribution in [2.75, 3.05) is 18.5 Å². The first-order valence-electron chi connectivity index (χ1n) is 11.9. The minimum absolute atomic E-state index is 0.225. The van der Waals surface area contributed by atoms with Gasteiger partial charge in [-0.3, -0.25) is 8.98 Å². The Kier molecular flexibility index (Phi) is 7.78. The quantitative estimate of drug-likeness (QED) is 0.266. The van der Waals surface area contributed by atoms with E-state index in [4.69, 9.17) is 21.5 Å². The summed E-state index contributed by atoms with van der Waals surface area (Å²) in [6.45, 7) is 2.25. The second kappa shape index (κ2) is 10.9. The van der Waals surface area contributed by atoms with E-state index in [0.29, 0.717) is 35.3 Å². The van der Waals surface area contributed by atoms with Gasteiger partial charge in [0.25, 0.3) is 0 Å². The van der Waals surface area contributed by atoms with Gasteiger partial charge in [0.2, 0.25) is 5.78 Å². The fraction of sp³-hybridized carbons (Fsp3) is 0.417. The number of carbonyl (C=O) groups excluding carboxylic acids is 1. The summed E-state index contributed by atoms with van der Waals surface area (Å²) in [7, 11) is -4.10. The largest absolute Gasteiger partial charge is 0.393 e. The summed E-state index contributed by atoms with van der Waals surface area (Å²) in [6, 6.07) is 5.28. The van der Waals surface area contributed by atoms with E-state index in [1.54, 1.807) is 6.07 Å². The molecule has 0 saturated heterocycles. The van der Waals surface area contributed by atoms with Gasteiger partial charge in [0, 0.05) is 28.6 Å². The molecule has 38 heavy (non-hydrogen) atoms. The lowest BCUT2D eigenvalue weighted by Crippen LogP contribution is -2.24. The van der Waals surface area contributed by atoms with Crippen molar-refractivity contribution in [1.82, 2.24) is 15.0 Å². The van der Waals surface area contributed by atoms with Gasteiger partial charge in [-0.15, -0.1) is 11.3 Å². The van der Waals surface area contributed by atoms with Gasteiger partial charge in [-0.05, 0) is 43.9 Å². The van der Waals surface area contributed by atoms with Gasteiger partial charge in [-0.1, -0.05) is 17.7 Å². The zero-order valence-corrected chi connectivity index (χ0v) is 22.7. The van der Waals surface area contributed by atoms with E-state index in [9.17, 15) is 18.3 Å². The average Bonchev–Trinajstić information content (AvgIpc) is 3.43. The molecule has 4 N–H and O–H groups in total. The number of halogens is 1. The van der Waals surface area contributed by atoms with Crippen LogP contribution in [-0.2, 0) is 25.6 Å². The van der Waals surface area contributed by atoms with Crippen LogP contribution in [0, 0.1) is 12.8 Å².